The van der Waals surface area contributed by atoms with E-state index in [1.54, 1.807) is 30.3 Å². The molecule has 0 bridgehead atoms. The van der Waals surface area contributed by atoms with Gasteiger partial charge in [-0.25, -0.2) is 4.39 Å². The predicted octanol–water partition coefficient (Wildman–Crippen LogP) is 3.87. The first-order valence-corrected chi connectivity index (χ1v) is 10.9. The summed E-state index contributed by atoms with van der Waals surface area (Å²) in [7, 11) is 0. The maximum atomic E-state index is 13.4. The molecule has 6 nitrogen and oxygen atoms in total. The summed E-state index contributed by atoms with van der Waals surface area (Å²) in [5.41, 5.74) is 1.98. The van der Waals surface area contributed by atoms with E-state index in [4.69, 9.17) is 11.6 Å². The summed E-state index contributed by atoms with van der Waals surface area (Å²) in [5.74, 6) is 0.0199. The second kappa shape index (κ2) is 9.53. The molecule has 4 rings (SSSR count). The second-order valence-electron chi connectivity index (χ2n) is 8.01. The summed E-state index contributed by atoms with van der Waals surface area (Å²) >= 11 is 6.22. The van der Waals surface area contributed by atoms with Crippen molar-refractivity contribution in [3.8, 4) is 5.69 Å². The molecule has 1 N–H and O–H groups in total. The fraction of sp³-hybridized carbons (Fsp3) is 0.292. The van der Waals surface area contributed by atoms with Gasteiger partial charge in [-0.1, -0.05) is 29.8 Å². The van der Waals surface area contributed by atoms with Crippen LogP contribution in [0.1, 0.15) is 24.0 Å². The molecule has 8 heteroatoms. The van der Waals surface area contributed by atoms with Gasteiger partial charge in [-0.15, -0.1) is 5.10 Å². The molecular weight excluding hydrogens is 431 g/mol. The number of nitrogens with one attached hydrogen (secondary N) is 1. The molecule has 2 heterocycles. The SMILES string of the molecule is Cc1ccc(-n2nc(N3CCC[C@H](C(=O)NCc4cccc(F)c4)C3)ccc2=O)cc1Cl. The molecule has 1 saturated heterocycles. The van der Waals surface area contributed by atoms with E-state index in [2.05, 4.69) is 10.4 Å². The van der Waals surface area contributed by atoms with Gasteiger partial charge in [0.05, 0.1) is 11.6 Å². The highest BCUT2D eigenvalue weighted by Crippen LogP contribution is 2.23. The number of piperidine rings is 1. The quantitative estimate of drug-likeness (QED) is 0.635. The molecule has 1 aromatic heterocycles. The topological polar surface area (TPSA) is 67.2 Å². The average Bonchev–Trinajstić information content (AvgIpc) is 2.80. The van der Waals surface area contributed by atoms with Crippen LogP contribution in [0.25, 0.3) is 5.69 Å². The van der Waals surface area contributed by atoms with Gasteiger partial charge in [-0.3, -0.25) is 9.59 Å². The van der Waals surface area contributed by atoms with Crippen molar-refractivity contribution in [3.63, 3.8) is 0 Å². The third kappa shape index (κ3) is 4.99. The molecule has 0 radical (unpaired) electrons. The van der Waals surface area contributed by atoms with Gasteiger partial charge in [0.25, 0.3) is 5.56 Å². The Balaban J connectivity index is 1.47. The molecule has 1 aliphatic rings. The van der Waals surface area contributed by atoms with Gasteiger partial charge in [-0.2, -0.15) is 4.68 Å². The third-order valence-electron chi connectivity index (χ3n) is 5.66. The highest BCUT2D eigenvalue weighted by atomic mass is 35.5. The summed E-state index contributed by atoms with van der Waals surface area (Å²) in [5, 5.41) is 8.00. The van der Waals surface area contributed by atoms with E-state index in [0.29, 0.717) is 23.1 Å². The van der Waals surface area contributed by atoms with Crippen molar-refractivity contribution in [2.75, 3.05) is 18.0 Å². The summed E-state index contributed by atoms with van der Waals surface area (Å²) in [6.07, 6.45) is 1.59. The van der Waals surface area contributed by atoms with Crippen molar-refractivity contribution in [1.82, 2.24) is 15.1 Å². The lowest BCUT2D eigenvalue weighted by Gasteiger charge is -2.33. The summed E-state index contributed by atoms with van der Waals surface area (Å²) in [6, 6.07) is 14.7. The summed E-state index contributed by atoms with van der Waals surface area (Å²) in [4.78, 5) is 27.2. The minimum Gasteiger partial charge on any atom is -0.354 e. The van der Waals surface area contributed by atoms with Gasteiger partial charge < -0.3 is 10.2 Å². The number of anilines is 1. The Morgan fingerprint density at radius 1 is 1.22 bits per heavy atom. The number of carbonyl (C=O) groups excluding carboxylic acids is 1. The Morgan fingerprint density at radius 2 is 2.06 bits per heavy atom. The zero-order valence-corrected chi connectivity index (χ0v) is 18.5. The number of nitrogens with zero attached hydrogens (tertiary/aromatic N) is 3. The fourth-order valence-electron chi connectivity index (χ4n) is 3.85. The molecule has 0 spiro atoms. The predicted molar refractivity (Wildman–Crippen MR) is 123 cm³/mol. The first kappa shape index (κ1) is 22.0. The van der Waals surface area contributed by atoms with Gasteiger partial charge in [-0.05, 0) is 61.2 Å². The van der Waals surface area contributed by atoms with E-state index in [1.165, 1.54) is 22.9 Å². The van der Waals surface area contributed by atoms with Crippen LogP contribution >= 0.6 is 11.6 Å². The number of rotatable bonds is 5. The van der Waals surface area contributed by atoms with Crippen LogP contribution in [0.3, 0.4) is 0 Å². The van der Waals surface area contributed by atoms with Crippen LogP contribution in [0.4, 0.5) is 10.2 Å². The molecular formula is C24H24ClFN4O2. The fourth-order valence-corrected chi connectivity index (χ4v) is 4.02. The number of amides is 1. The van der Waals surface area contributed by atoms with Crippen molar-refractivity contribution in [2.24, 2.45) is 5.92 Å². The maximum absolute atomic E-state index is 13.4. The molecule has 1 amide bonds. The molecule has 1 aliphatic heterocycles. The van der Waals surface area contributed by atoms with E-state index < -0.39 is 0 Å². The summed E-state index contributed by atoms with van der Waals surface area (Å²) < 4.78 is 14.7. The normalized spacial score (nSPS) is 16.1. The van der Waals surface area contributed by atoms with Crippen molar-refractivity contribution >= 4 is 23.3 Å². The Kier molecular flexibility index (Phi) is 6.55. The van der Waals surface area contributed by atoms with E-state index in [0.717, 1.165) is 30.5 Å². The summed E-state index contributed by atoms with van der Waals surface area (Å²) in [6.45, 7) is 3.42. The molecule has 166 valence electrons. The zero-order chi connectivity index (χ0) is 22.7. The minimum absolute atomic E-state index is 0.0717. The molecule has 0 saturated carbocycles. The lowest BCUT2D eigenvalue weighted by atomic mass is 9.97. The largest absolute Gasteiger partial charge is 0.354 e. The van der Waals surface area contributed by atoms with E-state index >= 15 is 0 Å². The highest BCUT2D eigenvalue weighted by Gasteiger charge is 2.27. The lowest BCUT2D eigenvalue weighted by Crippen LogP contribution is -2.43. The smallest absolute Gasteiger partial charge is 0.271 e. The van der Waals surface area contributed by atoms with Crippen LogP contribution in [0.15, 0.2) is 59.4 Å². The van der Waals surface area contributed by atoms with E-state index in [1.807, 2.05) is 17.9 Å². The van der Waals surface area contributed by atoms with Crippen LogP contribution in [-0.4, -0.2) is 28.8 Å². The molecule has 32 heavy (non-hydrogen) atoms. The van der Waals surface area contributed by atoms with E-state index in [9.17, 15) is 14.0 Å². The Hall–Kier alpha value is -3.19. The maximum Gasteiger partial charge on any atom is 0.271 e. The first-order chi connectivity index (χ1) is 15.4. The molecule has 1 fully saturated rings. The van der Waals surface area contributed by atoms with Crippen LogP contribution in [0.2, 0.25) is 5.02 Å². The third-order valence-corrected chi connectivity index (χ3v) is 6.07. The second-order valence-corrected chi connectivity index (χ2v) is 8.42. The molecule has 0 aliphatic carbocycles. The standard InChI is InChI=1S/C24H24ClFN4O2/c1-16-7-8-20(13-21(16)25)30-23(31)10-9-22(28-30)29-11-3-5-18(15-29)24(32)27-14-17-4-2-6-19(26)12-17/h2,4,6-10,12-13,18H,3,5,11,14-15H2,1H3,(H,27,32)/t18-/m0/s1. The van der Waals surface area contributed by atoms with E-state index in [-0.39, 0.29) is 29.7 Å². The number of benzene rings is 2. The number of hydrogen-bond donors (Lipinski definition) is 1. The minimum atomic E-state index is -0.323. The first-order valence-electron chi connectivity index (χ1n) is 10.5. The average molecular weight is 455 g/mol. The zero-order valence-electron chi connectivity index (χ0n) is 17.7. The van der Waals surface area contributed by atoms with Crippen LogP contribution < -0.4 is 15.8 Å². The van der Waals surface area contributed by atoms with Gasteiger partial charge >= 0.3 is 0 Å². The number of halogens is 2. The Morgan fingerprint density at radius 3 is 2.84 bits per heavy atom. The number of aromatic nitrogens is 2. The molecule has 1 atom stereocenters. The van der Waals surface area contributed by atoms with Crippen molar-refractivity contribution in [3.05, 3.63) is 86.9 Å². The molecule has 3 aromatic rings. The molecule has 2 aromatic carbocycles. The Labute approximate surface area is 190 Å². The van der Waals surface area contributed by atoms with Crippen molar-refractivity contribution in [2.45, 2.75) is 26.3 Å². The number of carbonyl (C=O) groups is 1. The van der Waals surface area contributed by atoms with Crippen molar-refractivity contribution in [1.29, 1.82) is 0 Å². The number of hydrogen-bond acceptors (Lipinski definition) is 4. The van der Waals surface area contributed by atoms with Gasteiger partial charge in [0.2, 0.25) is 5.91 Å². The van der Waals surface area contributed by atoms with Gasteiger partial charge in [0.15, 0.2) is 0 Å². The van der Waals surface area contributed by atoms with Gasteiger partial charge in [0, 0.05) is 30.7 Å². The van der Waals surface area contributed by atoms with Crippen LogP contribution in [-0.2, 0) is 11.3 Å². The van der Waals surface area contributed by atoms with Crippen molar-refractivity contribution < 1.29 is 9.18 Å². The monoisotopic (exact) mass is 454 g/mol. The van der Waals surface area contributed by atoms with Gasteiger partial charge in [0.1, 0.15) is 11.6 Å². The van der Waals surface area contributed by atoms with Crippen LogP contribution in [0.5, 0.6) is 0 Å². The number of aryl methyl sites for hydroxylation is 1. The highest BCUT2D eigenvalue weighted by molar-refractivity contribution is 6.31. The van der Waals surface area contributed by atoms with Crippen LogP contribution in [0, 0.1) is 18.7 Å². The molecule has 0 unspecified atom stereocenters. The lowest BCUT2D eigenvalue weighted by molar-refractivity contribution is -0.125. The Bertz CT molecular complexity index is 1200.